The summed E-state index contributed by atoms with van der Waals surface area (Å²) in [5, 5.41) is 0. The van der Waals surface area contributed by atoms with Gasteiger partial charge in [0.05, 0.1) is 0 Å². The second kappa shape index (κ2) is 8.75. The topological polar surface area (TPSA) is 19.4 Å². The molecule has 3 heterocycles. The van der Waals surface area contributed by atoms with Gasteiger partial charge in [0, 0.05) is 46.5 Å². The van der Waals surface area contributed by atoms with Gasteiger partial charge in [-0.3, -0.25) is 4.98 Å². The highest BCUT2D eigenvalue weighted by Gasteiger charge is 2.43. The van der Waals surface area contributed by atoms with E-state index in [2.05, 4.69) is 148 Å². The van der Waals surface area contributed by atoms with E-state index in [1.54, 1.807) is 0 Å². The van der Waals surface area contributed by atoms with E-state index in [1.807, 2.05) is 12.4 Å². The maximum Gasteiger partial charge on any atom is 0.252 e. The molecule has 2 aliphatic heterocycles. The lowest BCUT2D eigenvalue weighted by Crippen LogP contribution is -2.61. The monoisotopic (exact) mass is 497 g/mol. The lowest BCUT2D eigenvalue weighted by Gasteiger charge is -2.44. The minimum absolute atomic E-state index is 0.133. The molecular formula is C35H24BN3. The lowest BCUT2D eigenvalue weighted by molar-refractivity contribution is 1.25. The Morgan fingerprint density at radius 1 is 0.436 bits per heavy atom. The molecule has 2 aliphatic rings. The zero-order valence-corrected chi connectivity index (χ0v) is 21.3. The Labute approximate surface area is 228 Å². The van der Waals surface area contributed by atoms with Gasteiger partial charge in [-0.2, -0.15) is 0 Å². The third-order valence-electron chi connectivity index (χ3n) is 7.93. The van der Waals surface area contributed by atoms with Crippen molar-refractivity contribution in [2.24, 2.45) is 0 Å². The Morgan fingerprint density at radius 3 is 1.41 bits per heavy atom. The molecule has 182 valence electrons. The van der Waals surface area contributed by atoms with Crippen molar-refractivity contribution in [3.05, 3.63) is 146 Å². The largest absolute Gasteiger partial charge is 0.311 e. The summed E-state index contributed by atoms with van der Waals surface area (Å²) >= 11 is 0. The molecular weight excluding hydrogens is 473 g/mol. The van der Waals surface area contributed by atoms with Crippen LogP contribution in [-0.4, -0.2) is 11.7 Å². The van der Waals surface area contributed by atoms with Gasteiger partial charge in [0.1, 0.15) is 0 Å². The normalized spacial score (nSPS) is 13.0. The number of hydrogen-bond donors (Lipinski definition) is 0. The van der Waals surface area contributed by atoms with Gasteiger partial charge in [-0.15, -0.1) is 0 Å². The maximum atomic E-state index is 4.29. The molecule has 4 heteroatoms. The van der Waals surface area contributed by atoms with Crippen LogP contribution < -0.4 is 26.2 Å². The van der Waals surface area contributed by atoms with Crippen LogP contribution in [0.25, 0.3) is 11.1 Å². The van der Waals surface area contributed by atoms with Gasteiger partial charge in [0.15, 0.2) is 0 Å². The summed E-state index contributed by atoms with van der Waals surface area (Å²) in [5.41, 5.74) is 13.5. The van der Waals surface area contributed by atoms with Crippen molar-refractivity contribution < 1.29 is 0 Å². The molecule has 3 nitrogen and oxygen atoms in total. The number of pyridine rings is 1. The minimum Gasteiger partial charge on any atom is -0.311 e. The fourth-order valence-electron chi connectivity index (χ4n) is 6.32. The SMILES string of the molecule is c1ccc(N2c3ccccc3B3c4ccccc4N(c4ccccc4)c4cc(-c5ccncc5)cc2c43)cc1. The minimum atomic E-state index is 0.133. The standard InChI is InChI=1S/C35H24BN3/c1-3-11-27(12-4-1)38-31-17-9-7-15-29(31)36-30-16-8-10-18-32(30)39(28-13-5-2-6-14-28)34-24-26(23-33(38)35(34)36)25-19-21-37-22-20-25/h1-24H. The van der Waals surface area contributed by atoms with Crippen LogP contribution in [0.5, 0.6) is 0 Å². The van der Waals surface area contributed by atoms with Crippen molar-refractivity contribution in [3.63, 3.8) is 0 Å². The first kappa shape index (κ1) is 21.9. The summed E-state index contributed by atoms with van der Waals surface area (Å²) in [6.45, 7) is 0.133. The van der Waals surface area contributed by atoms with E-state index >= 15 is 0 Å². The van der Waals surface area contributed by atoms with Gasteiger partial charge < -0.3 is 9.80 Å². The molecule has 39 heavy (non-hydrogen) atoms. The predicted octanol–water partition coefficient (Wildman–Crippen LogP) is 6.83. The van der Waals surface area contributed by atoms with Crippen molar-refractivity contribution in [1.82, 2.24) is 4.98 Å². The summed E-state index contributed by atoms with van der Waals surface area (Å²) < 4.78 is 0. The van der Waals surface area contributed by atoms with E-state index in [0.29, 0.717) is 0 Å². The first-order valence-electron chi connectivity index (χ1n) is 13.3. The zero-order valence-electron chi connectivity index (χ0n) is 21.3. The summed E-state index contributed by atoms with van der Waals surface area (Å²) in [4.78, 5) is 9.16. The van der Waals surface area contributed by atoms with E-state index in [9.17, 15) is 0 Å². The van der Waals surface area contributed by atoms with Gasteiger partial charge >= 0.3 is 0 Å². The molecule has 0 unspecified atom stereocenters. The van der Waals surface area contributed by atoms with E-state index in [4.69, 9.17) is 0 Å². The molecule has 6 aromatic rings. The average molecular weight is 497 g/mol. The molecule has 0 N–H and O–H groups in total. The molecule has 0 spiro atoms. The Hall–Kier alpha value is -5.09. The van der Waals surface area contributed by atoms with Crippen molar-refractivity contribution >= 4 is 57.2 Å². The smallest absolute Gasteiger partial charge is 0.252 e. The molecule has 0 fully saturated rings. The summed E-state index contributed by atoms with van der Waals surface area (Å²) in [6, 6.07) is 48.1. The Bertz CT molecular complexity index is 1710. The van der Waals surface area contributed by atoms with Gasteiger partial charge in [-0.1, -0.05) is 72.8 Å². The maximum absolute atomic E-state index is 4.29. The lowest BCUT2D eigenvalue weighted by atomic mass is 9.33. The summed E-state index contributed by atoms with van der Waals surface area (Å²) in [5.74, 6) is 0. The Kier molecular flexibility index (Phi) is 4.92. The number of aromatic nitrogens is 1. The number of anilines is 6. The number of benzene rings is 5. The fraction of sp³-hybridized carbons (Fsp3) is 0. The molecule has 0 aliphatic carbocycles. The van der Waals surface area contributed by atoms with Crippen LogP contribution in [0, 0.1) is 0 Å². The van der Waals surface area contributed by atoms with Crippen molar-refractivity contribution in [1.29, 1.82) is 0 Å². The van der Waals surface area contributed by atoms with Gasteiger partial charge in [-0.25, -0.2) is 0 Å². The van der Waals surface area contributed by atoms with Crippen LogP contribution in [0.2, 0.25) is 0 Å². The first-order valence-corrected chi connectivity index (χ1v) is 13.3. The molecule has 0 saturated heterocycles. The predicted molar refractivity (Wildman–Crippen MR) is 164 cm³/mol. The highest BCUT2D eigenvalue weighted by molar-refractivity contribution is 7.00. The summed E-state index contributed by atoms with van der Waals surface area (Å²) in [6.07, 6.45) is 3.75. The summed E-state index contributed by atoms with van der Waals surface area (Å²) in [7, 11) is 0. The van der Waals surface area contributed by atoms with Crippen LogP contribution in [0.15, 0.2) is 146 Å². The molecule has 8 rings (SSSR count). The van der Waals surface area contributed by atoms with Crippen molar-refractivity contribution in [2.75, 3.05) is 9.80 Å². The highest BCUT2D eigenvalue weighted by atomic mass is 15.2. The third-order valence-corrected chi connectivity index (χ3v) is 7.93. The molecule has 0 saturated carbocycles. The molecule has 0 bridgehead atoms. The number of hydrogen-bond acceptors (Lipinski definition) is 3. The van der Waals surface area contributed by atoms with E-state index < -0.39 is 0 Å². The molecule has 0 radical (unpaired) electrons. The quantitative estimate of drug-likeness (QED) is 0.250. The van der Waals surface area contributed by atoms with E-state index in [1.165, 1.54) is 44.7 Å². The zero-order chi connectivity index (χ0) is 25.8. The van der Waals surface area contributed by atoms with E-state index in [-0.39, 0.29) is 6.71 Å². The first-order chi connectivity index (χ1) is 19.4. The number of fused-ring (bicyclic) bond motifs is 4. The average Bonchev–Trinajstić information content (AvgIpc) is 3.02. The highest BCUT2D eigenvalue weighted by Crippen LogP contribution is 2.45. The van der Waals surface area contributed by atoms with Crippen molar-refractivity contribution in [3.8, 4) is 11.1 Å². The molecule has 1 aromatic heterocycles. The van der Waals surface area contributed by atoms with Crippen LogP contribution in [0.1, 0.15) is 0 Å². The second-order valence-electron chi connectivity index (χ2n) is 10.1. The Balaban J connectivity index is 1.51. The molecule has 0 atom stereocenters. The molecule has 0 amide bonds. The third kappa shape index (κ3) is 3.35. The van der Waals surface area contributed by atoms with E-state index in [0.717, 1.165) is 16.9 Å². The van der Waals surface area contributed by atoms with Crippen LogP contribution in [-0.2, 0) is 0 Å². The molecule has 5 aromatic carbocycles. The van der Waals surface area contributed by atoms with Crippen LogP contribution in [0.4, 0.5) is 34.1 Å². The van der Waals surface area contributed by atoms with Gasteiger partial charge in [0.2, 0.25) is 0 Å². The van der Waals surface area contributed by atoms with Crippen LogP contribution >= 0.6 is 0 Å². The Morgan fingerprint density at radius 2 is 0.897 bits per heavy atom. The second-order valence-corrected chi connectivity index (χ2v) is 10.1. The van der Waals surface area contributed by atoms with Crippen LogP contribution in [0.3, 0.4) is 0 Å². The van der Waals surface area contributed by atoms with Gasteiger partial charge in [0.25, 0.3) is 6.71 Å². The van der Waals surface area contributed by atoms with Gasteiger partial charge in [-0.05, 0) is 88.2 Å². The fourth-order valence-corrected chi connectivity index (χ4v) is 6.32. The number of rotatable bonds is 3. The number of para-hydroxylation sites is 4. The van der Waals surface area contributed by atoms with Crippen molar-refractivity contribution in [2.45, 2.75) is 0 Å². The number of nitrogens with zero attached hydrogens (tertiary/aromatic N) is 3.